The van der Waals surface area contributed by atoms with Gasteiger partial charge < -0.3 is 19.5 Å². The van der Waals surface area contributed by atoms with Gasteiger partial charge in [-0.2, -0.15) is 0 Å². The standard InChI is InChI=1S/C23H34O8S.Na/c1-3-4-5-6-7-8-9-10-11-13-19(24)18(2)21(31-32(27,28)29)14-12-15-22-20(25)16-17-23(26)30-22;/h7-13,15-22,24-25H,3-6,14H2,1-2H3,(H,27,28,29);/q;+1/p-1. The van der Waals surface area contributed by atoms with Crippen molar-refractivity contribution in [1.82, 2.24) is 0 Å². The van der Waals surface area contributed by atoms with Gasteiger partial charge in [0.05, 0.1) is 12.2 Å². The third kappa shape index (κ3) is 14.7. The van der Waals surface area contributed by atoms with Crippen LogP contribution in [0.25, 0.3) is 0 Å². The van der Waals surface area contributed by atoms with E-state index in [2.05, 4.69) is 17.2 Å². The summed E-state index contributed by atoms with van der Waals surface area (Å²) in [4.78, 5) is 11.3. The molecule has 0 aromatic rings. The van der Waals surface area contributed by atoms with E-state index in [0.717, 1.165) is 18.9 Å². The minimum absolute atomic E-state index is 0. The smallest absolute Gasteiger partial charge is 0.726 e. The summed E-state index contributed by atoms with van der Waals surface area (Å²) in [7, 11) is -5.01. The van der Waals surface area contributed by atoms with Crippen LogP contribution >= 0.6 is 0 Å². The van der Waals surface area contributed by atoms with Gasteiger partial charge in [0.25, 0.3) is 0 Å². The first-order chi connectivity index (χ1) is 15.1. The molecule has 5 unspecified atom stereocenters. The van der Waals surface area contributed by atoms with Crippen molar-refractivity contribution in [2.75, 3.05) is 0 Å². The third-order valence-corrected chi connectivity index (χ3v) is 5.31. The molecule has 8 nitrogen and oxygen atoms in total. The number of ether oxygens (including phenoxy) is 1. The van der Waals surface area contributed by atoms with E-state index in [4.69, 9.17) is 4.74 Å². The number of carbonyl (C=O) groups excluding carboxylic acids is 1. The first-order valence-electron chi connectivity index (χ1n) is 10.7. The molecule has 0 aliphatic carbocycles. The summed E-state index contributed by atoms with van der Waals surface area (Å²) in [5.74, 6) is -1.35. The van der Waals surface area contributed by atoms with Crippen LogP contribution in [0.15, 0.2) is 60.8 Å². The maximum absolute atomic E-state index is 11.3. The van der Waals surface area contributed by atoms with Crippen LogP contribution in [-0.4, -0.2) is 53.6 Å². The van der Waals surface area contributed by atoms with Crippen molar-refractivity contribution in [2.45, 2.75) is 70.4 Å². The Balaban J connectivity index is 0.0000102. The molecule has 1 heterocycles. The average Bonchev–Trinajstić information content (AvgIpc) is 2.72. The number of aliphatic hydroxyl groups excluding tert-OH is 2. The number of cyclic esters (lactones) is 1. The molecule has 0 fully saturated rings. The molecule has 180 valence electrons. The number of carbonyl (C=O) groups is 1. The molecule has 2 N–H and O–H groups in total. The largest absolute Gasteiger partial charge is 1.00 e. The molecule has 1 aliphatic rings. The summed E-state index contributed by atoms with van der Waals surface area (Å²) < 4.78 is 42.9. The van der Waals surface area contributed by atoms with Crippen LogP contribution in [0.5, 0.6) is 0 Å². The average molecular weight is 493 g/mol. The van der Waals surface area contributed by atoms with Crippen LogP contribution < -0.4 is 29.6 Å². The molecule has 1 rings (SSSR count). The molecule has 0 saturated heterocycles. The van der Waals surface area contributed by atoms with Gasteiger partial charge in [0, 0.05) is 12.0 Å². The first-order valence-corrected chi connectivity index (χ1v) is 12.0. The van der Waals surface area contributed by atoms with E-state index in [-0.39, 0.29) is 36.0 Å². The minimum atomic E-state index is -5.01. The number of rotatable bonds is 14. The van der Waals surface area contributed by atoms with Gasteiger partial charge in [-0.3, -0.25) is 4.18 Å². The molecular weight excluding hydrogens is 459 g/mol. The van der Waals surface area contributed by atoms with Gasteiger partial charge in [0.15, 0.2) is 0 Å². The third-order valence-electron chi connectivity index (χ3n) is 4.83. The number of aliphatic hydroxyl groups is 2. The zero-order chi connectivity index (χ0) is 24.0. The van der Waals surface area contributed by atoms with Gasteiger partial charge in [-0.1, -0.05) is 69.2 Å². The molecular formula is C23H33NaO8S. The molecule has 0 aromatic carbocycles. The Labute approximate surface area is 219 Å². The van der Waals surface area contributed by atoms with Crippen LogP contribution in [-0.2, 0) is 24.1 Å². The van der Waals surface area contributed by atoms with E-state index in [9.17, 15) is 28.0 Å². The van der Waals surface area contributed by atoms with E-state index < -0.39 is 46.7 Å². The van der Waals surface area contributed by atoms with Crippen molar-refractivity contribution in [1.29, 1.82) is 0 Å². The molecule has 0 radical (unpaired) electrons. The number of hydrogen-bond donors (Lipinski definition) is 2. The maximum atomic E-state index is 11.3. The van der Waals surface area contributed by atoms with Gasteiger partial charge in [-0.05, 0) is 31.4 Å². The molecule has 10 heteroatoms. The Morgan fingerprint density at radius 1 is 1.21 bits per heavy atom. The second kappa shape index (κ2) is 17.4. The van der Waals surface area contributed by atoms with E-state index in [1.165, 1.54) is 37.1 Å². The maximum Gasteiger partial charge on any atom is 1.00 e. The Hall–Kier alpha value is -1.04. The summed E-state index contributed by atoms with van der Waals surface area (Å²) in [5, 5.41) is 20.1. The first kappa shape index (κ1) is 32.0. The Morgan fingerprint density at radius 3 is 2.58 bits per heavy atom. The van der Waals surface area contributed by atoms with Gasteiger partial charge in [0.2, 0.25) is 10.4 Å². The van der Waals surface area contributed by atoms with E-state index >= 15 is 0 Å². The number of hydrogen-bond acceptors (Lipinski definition) is 8. The molecule has 1 aliphatic heterocycles. The number of allylic oxidation sites excluding steroid dienone is 5. The summed E-state index contributed by atoms with van der Waals surface area (Å²) in [6, 6.07) is 0. The predicted octanol–water partition coefficient (Wildman–Crippen LogP) is -0.129. The normalized spacial score (nSPS) is 22.2. The van der Waals surface area contributed by atoms with Gasteiger partial charge >= 0.3 is 35.5 Å². The van der Waals surface area contributed by atoms with Gasteiger partial charge in [0.1, 0.15) is 12.2 Å². The van der Waals surface area contributed by atoms with Crippen molar-refractivity contribution >= 4 is 16.4 Å². The Morgan fingerprint density at radius 2 is 1.91 bits per heavy atom. The van der Waals surface area contributed by atoms with Crippen molar-refractivity contribution < 1.29 is 66.5 Å². The second-order valence-electron chi connectivity index (χ2n) is 7.50. The van der Waals surface area contributed by atoms with Crippen molar-refractivity contribution in [3.05, 3.63) is 60.8 Å². The summed E-state index contributed by atoms with van der Waals surface area (Å²) >= 11 is 0. The van der Waals surface area contributed by atoms with Gasteiger partial charge in [-0.15, -0.1) is 0 Å². The van der Waals surface area contributed by atoms with Crippen molar-refractivity contribution in [3.63, 3.8) is 0 Å². The van der Waals surface area contributed by atoms with Crippen molar-refractivity contribution in [3.8, 4) is 0 Å². The van der Waals surface area contributed by atoms with E-state index in [1.54, 1.807) is 19.1 Å². The molecule has 5 atom stereocenters. The monoisotopic (exact) mass is 492 g/mol. The Bertz CT molecular complexity index is 816. The van der Waals surface area contributed by atoms with Crippen LogP contribution in [0.4, 0.5) is 0 Å². The second-order valence-corrected chi connectivity index (χ2v) is 8.51. The fourth-order valence-electron chi connectivity index (χ4n) is 2.91. The fourth-order valence-corrected chi connectivity index (χ4v) is 3.47. The molecule has 0 spiro atoms. The molecule has 0 aromatic heterocycles. The minimum Gasteiger partial charge on any atom is -0.726 e. The summed E-state index contributed by atoms with van der Waals surface area (Å²) in [6.45, 7) is 3.70. The fraction of sp³-hybridized carbons (Fsp3) is 0.522. The van der Waals surface area contributed by atoms with Crippen molar-refractivity contribution in [2.24, 2.45) is 5.92 Å². The summed E-state index contributed by atoms with van der Waals surface area (Å²) in [5.41, 5.74) is 0. The van der Waals surface area contributed by atoms with E-state index in [1.807, 2.05) is 12.2 Å². The zero-order valence-corrected chi connectivity index (χ0v) is 22.3. The predicted molar refractivity (Wildman–Crippen MR) is 120 cm³/mol. The van der Waals surface area contributed by atoms with Gasteiger partial charge in [-0.25, -0.2) is 13.2 Å². The van der Waals surface area contributed by atoms with Crippen LogP contribution in [0.1, 0.15) is 46.0 Å². The Kier molecular flexibility index (Phi) is 16.9. The molecule has 33 heavy (non-hydrogen) atoms. The molecule has 0 bridgehead atoms. The van der Waals surface area contributed by atoms with Crippen LogP contribution in [0.2, 0.25) is 0 Å². The topological polar surface area (TPSA) is 133 Å². The molecule has 0 amide bonds. The summed E-state index contributed by atoms with van der Waals surface area (Å²) in [6.07, 6.45) is 16.1. The number of unbranched alkanes of at least 4 members (excludes halogenated alkanes) is 3. The quantitative estimate of drug-likeness (QED) is 0.0652. The van der Waals surface area contributed by atoms with Crippen LogP contribution in [0, 0.1) is 5.92 Å². The van der Waals surface area contributed by atoms with E-state index in [0.29, 0.717) is 0 Å². The SMILES string of the molecule is CCCCCC=CC=CC=CC(O)C(C)C(CC=CC1OC(=O)C=CC1O)OS(=O)(=O)[O-].[Na+]. The molecule has 0 saturated carbocycles. The number of esters is 1. The van der Waals surface area contributed by atoms with Crippen LogP contribution in [0.3, 0.4) is 0 Å². The zero-order valence-electron chi connectivity index (χ0n) is 19.4.